The number of aromatic nitrogens is 1. The summed E-state index contributed by atoms with van der Waals surface area (Å²) in [4.78, 5) is 41.0. The molecule has 0 aliphatic carbocycles. The van der Waals surface area contributed by atoms with Crippen LogP contribution in [-0.2, 0) is 4.79 Å². The SMILES string of the molecule is Cc1ccc(N2C(=O)NC(NC(=O)c3ccc(F)cc3)(C(F)(F)F)C2=O)nc1. The number of carbonyl (C=O) groups is 3. The van der Waals surface area contributed by atoms with Crippen LogP contribution in [0.25, 0.3) is 0 Å². The van der Waals surface area contributed by atoms with Crippen LogP contribution in [0.2, 0.25) is 0 Å². The number of imide groups is 1. The summed E-state index contributed by atoms with van der Waals surface area (Å²) in [5, 5.41) is 3.02. The maximum Gasteiger partial charge on any atom is 0.440 e. The van der Waals surface area contributed by atoms with Gasteiger partial charge >= 0.3 is 12.2 Å². The lowest BCUT2D eigenvalue weighted by Crippen LogP contribution is -2.69. The van der Waals surface area contributed by atoms with Crippen molar-refractivity contribution in [2.75, 3.05) is 4.90 Å². The molecule has 1 saturated heterocycles. The predicted molar refractivity (Wildman–Crippen MR) is 87.6 cm³/mol. The first kappa shape index (κ1) is 19.3. The third-order valence-corrected chi connectivity index (χ3v) is 3.98. The van der Waals surface area contributed by atoms with Crippen LogP contribution in [0.1, 0.15) is 15.9 Å². The quantitative estimate of drug-likeness (QED) is 0.615. The molecule has 1 aliphatic rings. The molecule has 4 amide bonds. The Morgan fingerprint density at radius 3 is 2.32 bits per heavy atom. The summed E-state index contributed by atoms with van der Waals surface area (Å²) >= 11 is 0. The van der Waals surface area contributed by atoms with Crippen LogP contribution in [-0.4, -0.2) is 34.7 Å². The van der Waals surface area contributed by atoms with Gasteiger partial charge in [0.25, 0.3) is 17.5 Å². The van der Waals surface area contributed by atoms with Crippen molar-refractivity contribution in [2.45, 2.75) is 18.8 Å². The average molecular weight is 396 g/mol. The van der Waals surface area contributed by atoms with Gasteiger partial charge in [0.15, 0.2) is 0 Å². The van der Waals surface area contributed by atoms with Crippen molar-refractivity contribution < 1.29 is 31.9 Å². The molecule has 0 saturated carbocycles. The molecule has 7 nitrogen and oxygen atoms in total. The van der Waals surface area contributed by atoms with Crippen molar-refractivity contribution in [1.29, 1.82) is 0 Å². The summed E-state index contributed by atoms with van der Waals surface area (Å²) in [7, 11) is 0. The molecule has 0 spiro atoms. The molecule has 2 aromatic rings. The number of hydrogen-bond donors (Lipinski definition) is 2. The topological polar surface area (TPSA) is 91.4 Å². The Hall–Kier alpha value is -3.50. The van der Waals surface area contributed by atoms with E-state index in [1.807, 2.05) is 0 Å². The second-order valence-corrected chi connectivity index (χ2v) is 5.97. The average Bonchev–Trinajstić information content (AvgIpc) is 2.87. The van der Waals surface area contributed by atoms with E-state index in [2.05, 4.69) is 4.98 Å². The molecule has 0 radical (unpaired) electrons. The van der Waals surface area contributed by atoms with Gasteiger partial charge in [-0.15, -0.1) is 0 Å². The minimum atomic E-state index is -5.37. The van der Waals surface area contributed by atoms with E-state index in [4.69, 9.17) is 0 Å². The van der Waals surface area contributed by atoms with E-state index in [-0.39, 0.29) is 16.3 Å². The summed E-state index contributed by atoms with van der Waals surface area (Å²) in [6.45, 7) is 1.66. The van der Waals surface area contributed by atoms with Crippen LogP contribution in [0.4, 0.5) is 28.2 Å². The largest absolute Gasteiger partial charge is 0.440 e. The third kappa shape index (κ3) is 3.15. The number of hydrogen-bond acceptors (Lipinski definition) is 4. The highest BCUT2D eigenvalue weighted by atomic mass is 19.4. The smallest absolute Gasteiger partial charge is 0.314 e. The van der Waals surface area contributed by atoms with E-state index >= 15 is 0 Å². The van der Waals surface area contributed by atoms with Crippen LogP contribution in [0.5, 0.6) is 0 Å². The number of amides is 4. The third-order valence-electron chi connectivity index (χ3n) is 3.98. The van der Waals surface area contributed by atoms with Gasteiger partial charge in [-0.3, -0.25) is 14.9 Å². The molecule has 28 heavy (non-hydrogen) atoms. The van der Waals surface area contributed by atoms with Gasteiger partial charge in [0.2, 0.25) is 0 Å². The lowest BCUT2D eigenvalue weighted by molar-refractivity contribution is -0.197. The molecule has 2 N–H and O–H groups in total. The van der Waals surface area contributed by atoms with Gasteiger partial charge < -0.3 is 5.32 Å². The van der Waals surface area contributed by atoms with Gasteiger partial charge in [-0.1, -0.05) is 6.07 Å². The van der Waals surface area contributed by atoms with Gasteiger partial charge in [0, 0.05) is 11.8 Å². The zero-order chi connectivity index (χ0) is 20.7. The Morgan fingerprint density at radius 1 is 1.14 bits per heavy atom. The highest BCUT2D eigenvalue weighted by Gasteiger charge is 2.69. The van der Waals surface area contributed by atoms with E-state index in [1.165, 1.54) is 29.0 Å². The molecule has 0 bridgehead atoms. The summed E-state index contributed by atoms with van der Waals surface area (Å²) in [5.41, 5.74) is -3.37. The fourth-order valence-corrected chi connectivity index (χ4v) is 2.52. The number of nitrogens with one attached hydrogen (secondary N) is 2. The number of halogens is 4. The van der Waals surface area contributed by atoms with E-state index in [0.717, 1.165) is 24.3 Å². The molecule has 1 unspecified atom stereocenters. The van der Waals surface area contributed by atoms with E-state index in [0.29, 0.717) is 5.56 Å². The van der Waals surface area contributed by atoms with Gasteiger partial charge in [-0.2, -0.15) is 13.2 Å². The molecule has 11 heteroatoms. The molecule has 1 aromatic carbocycles. The number of rotatable bonds is 3. The van der Waals surface area contributed by atoms with Crippen LogP contribution < -0.4 is 15.5 Å². The van der Waals surface area contributed by atoms with Crippen molar-refractivity contribution in [1.82, 2.24) is 15.6 Å². The number of pyridine rings is 1. The first-order valence-electron chi connectivity index (χ1n) is 7.79. The summed E-state index contributed by atoms with van der Waals surface area (Å²) in [6.07, 6.45) is -4.10. The Morgan fingerprint density at radius 2 is 1.79 bits per heavy atom. The molecule has 146 valence electrons. The number of alkyl halides is 3. The van der Waals surface area contributed by atoms with Crippen LogP contribution >= 0.6 is 0 Å². The number of anilines is 1. The summed E-state index contributed by atoms with van der Waals surface area (Å²) in [6, 6.07) is 4.86. The molecule has 1 aromatic heterocycles. The molecule has 1 aliphatic heterocycles. The molecule has 1 atom stereocenters. The first-order chi connectivity index (χ1) is 13.0. The molecule has 2 heterocycles. The van der Waals surface area contributed by atoms with Crippen molar-refractivity contribution in [3.8, 4) is 0 Å². The van der Waals surface area contributed by atoms with Crippen molar-refractivity contribution in [3.05, 3.63) is 59.5 Å². The van der Waals surface area contributed by atoms with Gasteiger partial charge in [-0.25, -0.2) is 19.1 Å². The van der Waals surface area contributed by atoms with Gasteiger partial charge in [-0.05, 0) is 42.8 Å². The fraction of sp³-hybridized carbons (Fsp3) is 0.176. The minimum absolute atomic E-state index is 0.192. The number of benzene rings is 1. The van der Waals surface area contributed by atoms with Crippen molar-refractivity contribution in [3.63, 3.8) is 0 Å². The lowest BCUT2D eigenvalue weighted by Gasteiger charge is -2.29. The number of aryl methyl sites for hydroxylation is 1. The van der Waals surface area contributed by atoms with E-state index < -0.39 is 35.5 Å². The van der Waals surface area contributed by atoms with E-state index in [1.54, 1.807) is 6.92 Å². The Labute approximate surface area is 155 Å². The number of carbonyl (C=O) groups excluding carboxylic acids is 3. The monoisotopic (exact) mass is 396 g/mol. The molecular weight excluding hydrogens is 384 g/mol. The van der Waals surface area contributed by atoms with Crippen LogP contribution in [0, 0.1) is 12.7 Å². The maximum absolute atomic E-state index is 13.8. The van der Waals surface area contributed by atoms with Crippen LogP contribution in [0.3, 0.4) is 0 Å². The molecule has 1 fully saturated rings. The first-order valence-corrected chi connectivity index (χ1v) is 7.79. The Balaban J connectivity index is 1.99. The number of nitrogens with zero attached hydrogens (tertiary/aromatic N) is 2. The molecule has 3 rings (SSSR count). The van der Waals surface area contributed by atoms with Crippen molar-refractivity contribution >= 4 is 23.7 Å². The van der Waals surface area contributed by atoms with E-state index in [9.17, 15) is 31.9 Å². The summed E-state index contributed by atoms with van der Waals surface area (Å²) in [5.74, 6) is -4.14. The summed E-state index contributed by atoms with van der Waals surface area (Å²) < 4.78 is 54.3. The fourth-order valence-electron chi connectivity index (χ4n) is 2.52. The zero-order valence-corrected chi connectivity index (χ0v) is 14.2. The standard InChI is InChI=1S/C17H12F4N4O3/c1-9-2-7-12(22-8-9)25-14(27)16(17(19,20)21,24-15(25)28)23-13(26)10-3-5-11(18)6-4-10/h2-8H,1H3,(H,23,26)(H,24,28). The number of urea groups is 1. The highest BCUT2D eigenvalue weighted by molar-refractivity contribution is 6.24. The van der Waals surface area contributed by atoms with Crippen molar-refractivity contribution in [2.24, 2.45) is 0 Å². The maximum atomic E-state index is 13.8. The second-order valence-electron chi connectivity index (χ2n) is 5.97. The molecular formula is C17H12F4N4O3. The highest BCUT2D eigenvalue weighted by Crippen LogP contribution is 2.35. The zero-order valence-electron chi connectivity index (χ0n) is 14.2. The minimum Gasteiger partial charge on any atom is -0.314 e. The van der Waals surface area contributed by atoms with Gasteiger partial charge in [0.05, 0.1) is 0 Å². The normalized spacial score (nSPS) is 19.5. The lowest BCUT2D eigenvalue weighted by atomic mass is 10.1. The Bertz CT molecular complexity index is 944. The van der Waals surface area contributed by atoms with Gasteiger partial charge in [0.1, 0.15) is 11.6 Å². The Kier molecular flexibility index (Phi) is 4.53. The van der Waals surface area contributed by atoms with Crippen LogP contribution in [0.15, 0.2) is 42.6 Å². The second kappa shape index (κ2) is 6.59. The predicted octanol–water partition coefficient (Wildman–Crippen LogP) is 2.27.